The van der Waals surface area contributed by atoms with E-state index in [2.05, 4.69) is 36.4 Å². The molecule has 1 N–H and O–H groups in total. The van der Waals surface area contributed by atoms with Crippen molar-refractivity contribution in [2.75, 3.05) is 13.1 Å². The quantitative estimate of drug-likeness (QED) is 0.670. The predicted octanol–water partition coefficient (Wildman–Crippen LogP) is 3.46. The van der Waals surface area contributed by atoms with Crippen LogP contribution in [0.25, 0.3) is 11.0 Å². The molecular formula is C22H28N4O3S. The molecule has 0 unspecified atom stereocenters. The number of piperidine rings is 1. The number of benzene rings is 2. The van der Waals surface area contributed by atoms with Crippen LogP contribution in [0.15, 0.2) is 52.0 Å². The highest BCUT2D eigenvalue weighted by atomic mass is 32.2. The van der Waals surface area contributed by atoms with Gasteiger partial charge in [-0.15, -0.1) is 0 Å². The average molecular weight is 429 g/mol. The molecule has 1 saturated heterocycles. The number of rotatable bonds is 5. The third-order valence-electron chi connectivity index (χ3n) is 5.70. The number of aromatic nitrogens is 2. The Hall–Kier alpha value is -2.29. The summed E-state index contributed by atoms with van der Waals surface area (Å²) in [6.07, 6.45) is 1.57. The Balaban J connectivity index is 1.68. The van der Waals surface area contributed by atoms with Gasteiger partial charge in [0.15, 0.2) is 0 Å². The summed E-state index contributed by atoms with van der Waals surface area (Å²) in [7, 11) is -3.65. The molecule has 0 saturated carbocycles. The van der Waals surface area contributed by atoms with Crippen LogP contribution in [0, 0.1) is 0 Å². The SMILES string of the molecule is CC(C)(C)c1ccc(S(=O)(=O)N(Cc2ccc3nonc3c2)C2CCNCC2)cc1. The molecule has 0 radical (unpaired) electrons. The van der Waals surface area contributed by atoms with Crippen molar-refractivity contribution in [3.05, 3.63) is 53.6 Å². The third-order valence-corrected chi connectivity index (χ3v) is 7.61. The maximum absolute atomic E-state index is 13.7. The first kappa shape index (κ1) is 21.0. The Bertz CT molecular complexity index is 1110. The van der Waals surface area contributed by atoms with Crippen LogP contribution in [-0.4, -0.2) is 42.2 Å². The summed E-state index contributed by atoms with van der Waals surface area (Å²) in [5, 5.41) is 11.0. The van der Waals surface area contributed by atoms with E-state index in [4.69, 9.17) is 4.63 Å². The standard InChI is InChI=1S/C22H28N4O3S/c1-22(2,3)17-5-7-19(8-6-17)30(27,28)26(18-10-12-23-13-11-18)15-16-4-9-20-21(14-16)25-29-24-20/h4-9,14,18,23H,10-13,15H2,1-3H3. The van der Waals surface area contributed by atoms with Crippen LogP contribution < -0.4 is 5.32 Å². The minimum atomic E-state index is -3.65. The monoisotopic (exact) mass is 428 g/mol. The fraction of sp³-hybridized carbons (Fsp3) is 0.455. The number of hydrogen-bond acceptors (Lipinski definition) is 6. The minimum Gasteiger partial charge on any atom is -0.317 e. The zero-order valence-corrected chi connectivity index (χ0v) is 18.4. The number of sulfonamides is 1. The lowest BCUT2D eigenvalue weighted by molar-refractivity contribution is 0.256. The summed E-state index contributed by atoms with van der Waals surface area (Å²) in [6.45, 7) is 8.26. The molecule has 30 heavy (non-hydrogen) atoms. The number of hydrogen-bond donors (Lipinski definition) is 1. The number of nitrogens with one attached hydrogen (secondary N) is 1. The normalized spacial score (nSPS) is 16.4. The van der Waals surface area contributed by atoms with Gasteiger partial charge in [0.2, 0.25) is 10.0 Å². The summed E-state index contributed by atoms with van der Waals surface area (Å²) in [5.74, 6) is 0. The first-order chi connectivity index (χ1) is 14.2. The highest BCUT2D eigenvalue weighted by Gasteiger charge is 2.32. The van der Waals surface area contributed by atoms with Crippen LogP contribution in [0.1, 0.15) is 44.7 Å². The van der Waals surface area contributed by atoms with E-state index in [1.54, 1.807) is 16.4 Å². The van der Waals surface area contributed by atoms with E-state index < -0.39 is 10.0 Å². The maximum Gasteiger partial charge on any atom is 0.243 e. The van der Waals surface area contributed by atoms with E-state index >= 15 is 0 Å². The van der Waals surface area contributed by atoms with Gasteiger partial charge in [-0.25, -0.2) is 13.0 Å². The van der Waals surface area contributed by atoms with Crippen LogP contribution in [0.2, 0.25) is 0 Å². The molecule has 1 aliphatic heterocycles. The molecule has 160 valence electrons. The van der Waals surface area contributed by atoms with E-state index in [-0.39, 0.29) is 18.0 Å². The summed E-state index contributed by atoms with van der Waals surface area (Å²) >= 11 is 0. The minimum absolute atomic E-state index is 0.0297. The molecule has 2 heterocycles. The van der Waals surface area contributed by atoms with Gasteiger partial charge in [-0.2, -0.15) is 4.31 Å². The molecule has 0 amide bonds. The Morgan fingerprint density at radius 1 is 1.03 bits per heavy atom. The van der Waals surface area contributed by atoms with E-state index in [0.29, 0.717) is 15.9 Å². The lowest BCUT2D eigenvalue weighted by atomic mass is 9.87. The molecule has 0 bridgehead atoms. The lowest BCUT2D eigenvalue weighted by Gasteiger charge is -2.34. The molecule has 0 aliphatic carbocycles. The topological polar surface area (TPSA) is 88.3 Å². The van der Waals surface area contributed by atoms with E-state index in [1.165, 1.54) is 0 Å². The average Bonchev–Trinajstić information content (AvgIpc) is 3.20. The molecule has 1 aromatic heterocycles. The molecule has 2 aromatic carbocycles. The van der Waals surface area contributed by atoms with Crippen molar-refractivity contribution < 1.29 is 13.0 Å². The zero-order chi connectivity index (χ0) is 21.4. The van der Waals surface area contributed by atoms with Crippen LogP contribution in [-0.2, 0) is 22.0 Å². The Morgan fingerprint density at radius 2 is 1.70 bits per heavy atom. The zero-order valence-electron chi connectivity index (χ0n) is 17.6. The molecule has 3 aromatic rings. The number of nitrogens with zero attached hydrogens (tertiary/aromatic N) is 3. The van der Waals surface area contributed by atoms with Crippen molar-refractivity contribution in [2.45, 2.75) is 56.5 Å². The van der Waals surface area contributed by atoms with Gasteiger partial charge in [0.25, 0.3) is 0 Å². The second-order valence-electron chi connectivity index (χ2n) is 8.89. The van der Waals surface area contributed by atoms with E-state index in [9.17, 15) is 8.42 Å². The van der Waals surface area contributed by atoms with Gasteiger partial charge < -0.3 is 5.32 Å². The lowest BCUT2D eigenvalue weighted by Crippen LogP contribution is -2.45. The summed E-state index contributed by atoms with van der Waals surface area (Å²) in [4.78, 5) is 0.332. The highest BCUT2D eigenvalue weighted by molar-refractivity contribution is 7.89. The van der Waals surface area contributed by atoms with Gasteiger partial charge in [0.1, 0.15) is 11.0 Å². The van der Waals surface area contributed by atoms with Gasteiger partial charge in [-0.1, -0.05) is 39.0 Å². The molecule has 8 heteroatoms. The Morgan fingerprint density at radius 3 is 2.37 bits per heavy atom. The van der Waals surface area contributed by atoms with E-state index in [1.807, 2.05) is 30.3 Å². The summed E-state index contributed by atoms with van der Waals surface area (Å²) < 4.78 is 33.8. The highest BCUT2D eigenvalue weighted by Crippen LogP contribution is 2.28. The van der Waals surface area contributed by atoms with Crippen molar-refractivity contribution >= 4 is 21.1 Å². The summed E-state index contributed by atoms with van der Waals surface area (Å²) in [5.41, 5.74) is 3.24. The fourth-order valence-electron chi connectivity index (χ4n) is 3.87. The van der Waals surface area contributed by atoms with Crippen molar-refractivity contribution in [2.24, 2.45) is 0 Å². The van der Waals surface area contributed by atoms with Crippen molar-refractivity contribution in [1.82, 2.24) is 19.9 Å². The fourth-order valence-corrected chi connectivity index (χ4v) is 5.55. The van der Waals surface area contributed by atoms with Gasteiger partial charge in [0, 0.05) is 12.6 Å². The predicted molar refractivity (Wildman–Crippen MR) is 116 cm³/mol. The van der Waals surface area contributed by atoms with Crippen molar-refractivity contribution in [3.8, 4) is 0 Å². The van der Waals surface area contributed by atoms with Crippen molar-refractivity contribution in [3.63, 3.8) is 0 Å². The molecule has 4 rings (SSSR count). The van der Waals surface area contributed by atoms with Crippen molar-refractivity contribution in [1.29, 1.82) is 0 Å². The molecular weight excluding hydrogens is 400 g/mol. The molecule has 1 aliphatic rings. The smallest absolute Gasteiger partial charge is 0.243 e. The van der Waals surface area contributed by atoms with Gasteiger partial charge >= 0.3 is 0 Å². The summed E-state index contributed by atoms with van der Waals surface area (Å²) in [6, 6.07) is 12.8. The van der Waals surface area contributed by atoms with Crippen LogP contribution in [0.5, 0.6) is 0 Å². The van der Waals surface area contributed by atoms with Gasteiger partial charge in [0.05, 0.1) is 4.90 Å². The Kier molecular flexibility index (Phi) is 5.65. The third kappa shape index (κ3) is 4.26. The molecule has 0 spiro atoms. The van der Waals surface area contributed by atoms with Crippen LogP contribution in [0.4, 0.5) is 0 Å². The van der Waals surface area contributed by atoms with Gasteiger partial charge in [-0.05, 0) is 77.1 Å². The largest absolute Gasteiger partial charge is 0.317 e. The second-order valence-corrected chi connectivity index (χ2v) is 10.8. The molecule has 1 fully saturated rings. The number of fused-ring (bicyclic) bond motifs is 1. The maximum atomic E-state index is 13.7. The molecule has 0 atom stereocenters. The second kappa shape index (κ2) is 8.09. The molecule has 7 nitrogen and oxygen atoms in total. The first-order valence-corrected chi connectivity index (χ1v) is 11.7. The van der Waals surface area contributed by atoms with Crippen LogP contribution >= 0.6 is 0 Å². The van der Waals surface area contributed by atoms with Crippen LogP contribution in [0.3, 0.4) is 0 Å². The van der Waals surface area contributed by atoms with Gasteiger partial charge in [-0.3, -0.25) is 0 Å². The Labute approximate surface area is 177 Å². The first-order valence-electron chi connectivity index (χ1n) is 10.3. The van der Waals surface area contributed by atoms with E-state index in [0.717, 1.165) is 37.1 Å².